The Kier molecular flexibility index (Phi) is 5.54. The average Bonchev–Trinajstić information content (AvgIpc) is 3.42. The van der Waals surface area contributed by atoms with Crippen LogP contribution in [-0.4, -0.2) is 9.55 Å². The molecule has 8 aromatic rings. The molecule has 0 aliphatic carbocycles. The summed E-state index contributed by atoms with van der Waals surface area (Å²) in [5.41, 5.74) is 11.9. The van der Waals surface area contributed by atoms with Gasteiger partial charge in [-0.3, -0.25) is 4.90 Å². The summed E-state index contributed by atoms with van der Waals surface area (Å²) in [6, 6.07) is 54.5. The molecule has 0 atom stereocenters. The third-order valence-electron chi connectivity index (χ3n) is 9.57. The molecule has 0 saturated heterocycles. The van der Waals surface area contributed by atoms with Crippen LogP contribution in [0.3, 0.4) is 0 Å². The summed E-state index contributed by atoms with van der Waals surface area (Å²) in [6.45, 7) is 4.69. The van der Waals surface area contributed by atoms with Crippen molar-refractivity contribution >= 4 is 49.9 Å². The maximum absolute atomic E-state index is 5.17. The molecule has 0 bridgehead atoms. The lowest BCUT2D eigenvalue weighted by molar-refractivity contribution is 0.630. The van der Waals surface area contributed by atoms with E-state index in [9.17, 15) is 0 Å². The predicted molar refractivity (Wildman–Crippen MR) is 188 cm³/mol. The molecule has 0 amide bonds. The minimum absolute atomic E-state index is 0.0924. The second-order valence-corrected chi connectivity index (χ2v) is 12.5. The molecule has 45 heavy (non-hydrogen) atoms. The van der Waals surface area contributed by atoms with Gasteiger partial charge in [0.1, 0.15) is 5.82 Å². The van der Waals surface area contributed by atoms with Crippen LogP contribution < -0.4 is 4.90 Å². The summed E-state index contributed by atoms with van der Waals surface area (Å²) in [7, 11) is 0. The number of aromatic nitrogens is 2. The monoisotopic (exact) mass is 577 g/mol. The van der Waals surface area contributed by atoms with E-state index in [1.165, 1.54) is 49.7 Å². The molecule has 6 aromatic carbocycles. The SMILES string of the molecule is CC1(C)c2ccccc2-n2c3ccc(N(c4ccc(-c5ccccc5)cc4)c4ccc5ccccc5n4)cc3c3cccc1c32. The van der Waals surface area contributed by atoms with Gasteiger partial charge < -0.3 is 4.57 Å². The Morgan fingerprint density at radius 1 is 0.556 bits per heavy atom. The van der Waals surface area contributed by atoms with Gasteiger partial charge in [0.15, 0.2) is 0 Å². The van der Waals surface area contributed by atoms with Crippen LogP contribution >= 0.6 is 0 Å². The van der Waals surface area contributed by atoms with Crippen molar-refractivity contribution in [2.45, 2.75) is 19.3 Å². The van der Waals surface area contributed by atoms with Gasteiger partial charge in [-0.25, -0.2) is 4.98 Å². The molecule has 2 aromatic heterocycles. The Bertz CT molecular complexity index is 2400. The number of pyridine rings is 1. The van der Waals surface area contributed by atoms with Crippen molar-refractivity contribution in [2.75, 3.05) is 4.90 Å². The molecule has 0 radical (unpaired) electrons. The van der Waals surface area contributed by atoms with E-state index >= 15 is 0 Å². The third kappa shape index (κ3) is 3.87. The van der Waals surface area contributed by atoms with Crippen molar-refractivity contribution in [3.63, 3.8) is 0 Å². The standard InChI is InChI=1S/C42H31N3/c1-42(2)35-15-7-9-18-39(35)45-38-25-24-32(27-34(38)33-14-10-16-36(42)41(33)45)44(40-26-21-30-13-6-8-17-37(30)43-40)31-22-19-29(20-23-31)28-11-4-3-5-12-28/h3-27H,1-2H3. The quantitative estimate of drug-likeness (QED) is 0.207. The molecule has 3 heteroatoms. The second-order valence-electron chi connectivity index (χ2n) is 12.5. The molecule has 3 heterocycles. The topological polar surface area (TPSA) is 21.1 Å². The fraction of sp³-hybridized carbons (Fsp3) is 0.0714. The van der Waals surface area contributed by atoms with Gasteiger partial charge in [0.25, 0.3) is 0 Å². The van der Waals surface area contributed by atoms with Crippen LogP contribution in [0.1, 0.15) is 25.0 Å². The zero-order valence-corrected chi connectivity index (χ0v) is 25.3. The number of fused-ring (bicyclic) bond motifs is 6. The summed E-state index contributed by atoms with van der Waals surface area (Å²) in [4.78, 5) is 7.45. The Morgan fingerprint density at radius 3 is 2.13 bits per heavy atom. The van der Waals surface area contributed by atoms with Crippen molar-refractivity contribution in [1.29, 1.82) is 0 Å². The normalized spacial score (nSPS) is 13.3. The molecule has 0 spiro atoms. The van der Waals surface area contributed by atoms with Crippen LogP contribution in [0.5, 0.6) is 0 Å². The summed E-state index contributed by atoms with van der Waals surface area (Å²) < 4.78 is 2.47. The van der Waals surface area contributed by atoms with E-state index in [2.05, 4.69) is 175 Å². The third-order valence-corrected chi connectivity index (χ3v) is 9.57. The van der Waals surface area contributed by atoms with E-state index in [-0.39, 0.29) is 5.41 Å². The Morgan fingerprint density at radius 2 is 1.27 bits per heavy atom. The van der Waals surface area contributed by atoms with Gasteiger partial charge in [0.05, 0.1) is 22.2 Å². The van der Waals surface area contributed by atoms with Gasteiger partial charge in [-0.1, -0.05) is 111 Å². The molecule has 0 fully saturated rings. The van der Waals surface area contributed by atoms with Crippen LogP contribution in [0, 0.1) is 0 Å². The first-order valence-electron chi connectivity index (χ1n) is 15.6. The highest BCUT2D eigenvalue weighted by Gasteiger charge is 2.34. The lowest BCUT2D eigenvalue weighted by atomic mass is 9.75. The van der Waals surface area contributed by atoms with Crippen molar-refractivity contribution < 1.29 is 0 Å². The van der Waals surface area contributed by atoms with Gasteiger partial charge >= 0.3 is 0 Å². The van der Waals surface area contributed by atoms with Crippen molar-refractivity contribution in [3.05, 3.63) is 163 Å². The van der Waals surface area contributed by atoms with Crippen molar-refractivity contribution in [1.82, 2.24) is 9.55 Å². The van der Waals surface area contributed by atoms with Crippen LogP contribution in [0.25, 0.3) is 49.5 Å². The fourth-order valence-electron chi connectivity index (χ4n) is 7.32. The van der Waals surface area contributed by atoms with E-state index in [1.54, 1.807) is 0 Å². The summed E-state index contributed by atoms with van der Waals surface area (Å²) in [6.07, 6.45) is 0. The summed E-state index contributed by atoms with van der Waals surface area (Å²) >= 11 is 0. The van der Waals surface area contributed by atoms with Gasteiger partial charge in [-0.2, -0.15) is 0 Å². The Balaban J connectivity index is 1.28. The van der Waals surface area contributed by atoms with E-state index in [4.69, 9.17) is 4.98 Å². The number of hydrogen-bond acceptors (Lipinski definition) is 2. The van der Waals surface area contributed by atoms with Gasteiger partial charge in [-0.05, 0) is 76.9 Å². The minimum Gasteiger partial charge on any atom is -0.309 e. The highest BCUT2D eigenvalue weighted by atomic mass is 15.2. The average molecular weight is 578 g/mol. The molecule has 0 N–H and O–H groups in total. The maximum Gasteiger partial charge on any atom is 0.138 e. The number of nitrogens with zero attached hydrogens (tertiary/aromatic N) is 3. The van der Waals surface area contributed by atoms with Crippen LogP contribution in [0.15, 0.2) is 152 Å². The fourth-order valence-corrected chi connectivity index (χ4v) is 7.32. The van der Waals surface area contributed by atoms with Gasteiger partial charge in [-0.15, -0.1) is 0 Å². The van der Waals surface area contributed by atoms with E-state index in [0.29, 0.717) is 0 Å². The molecule has 0 unspecified atom stereocenters. The smallest absolute Gasteiger partial charge is 0.138 e. The van der Waals surface area contributed by atoms with Crippen LogP contribution in [-0.2, 0) is 5.41 Å². The van der Waals surface area contributed by atoms with Crippen molar-refractivity contribution in [2.24, 2.45) is 0 Å². The molecule has 0 saturated carbocycles. The first-order valence-corrected chi connectivity index (χ1v) is 15.6. The minimum atomic E-state index is -0.0924. The number of benzene rings is 6. The van der Waals surface area contributed by atoms with Gasteiger partial charge in [0, 0.05) is 32.9 Å². The maximum atomic E-state index is 5.17. The number of rotatable bonds is 4. The Hall–Kier alpha value is -5.67. The predicted octanol–water partition coefficient (Wildman–Crippen LogP) is 11.1. The molecular weight excluding hydrogens is 546 g/mol. The first-order chi connectivity index (χ1) is 22.1. The second kappa shape index (κ2) is 9.67. The lowest BCUT2D eigenvalue weighted by Crippen LogP contribution is -2.26. The Labute approximate surface area is 262 Å². The molecule has 1 aliphatic rings. The zero-order valence-electron chi connectivity index (χ0n) is 25.3. The van der Waals surface area contributed by atoms with E-state index < -0.39 is 0 Å². The molecule has 9 rings (SSSR count). The number of anilines is 3. The van der Waals surface area contributed by atoms with Crippen molar-refractivity contribution in [3.8, 4) is 16.8 Å². The lowest BCUT2D eigenvalue weighted by Gasteiger charge is -2.34. The molecule has 214 valence electrons. The number of hydrogen-bond donors (Lipinski definition) is 0. The first kappa shape index (κ1) is 25.8. The highest BCUT2D eigenvalue weighted by molar-refractivity contribution is 6.12. The van der Waals surface area contributed by atoms with E-state index in [1.807, 2.05) is 0 Å². The van der Waals surface area contributed by atoms with Crippen LogP contribution in [0.2, 0.25) is 0 Å². The molecule has 1 aliphatic heterocycles. The summed E-state index contributed by atoms with van der Waals surface area (Å²) in [5.74, 6) is 0.890. The zero-order chi connectivity index (χ0) is 30.1. The summed E-state index contributed by atoms with van der Waals surface area (Å²) in [5, 5.41) is 3.65. The molecular formula is C42H31N3. The van der Waals surface area contributed by atoms with Crippen LogP contribution in [0.4, 0.5) is 17.2 Å². The molecule has 3 nitrogen and oxygen atoms in total. The largest absolute Gasteiger partial charge is 0.309 e. The number of para-hydroxylation sites is 3. The van der Waals surface area contributed by atoms with Gasteiger partial charge in [0.2, 0.25) is 0 Å². The van der Waals surface area contributed by atoms with E-state index in [0.717, 1.165) is 28.1 Å². The highest BCUT2D eigenvalue weighted by Crippen LogP contribution is 2.48.